The summed E-state index contributed by atoms with van der Waals surface area (Å²) >= 11 is 0. The highest BCUT2D eigenvalue weighted by Crippen LogP contribution is 2.14. The van der Waals surface area contributed by atoms with Crippen LogP contribution in [-0.2, 0) is 16.1 Å². The smallest absolute Gasteiger partial charge is 0.239 e. The lowest BCUT2D eigenvalue weighted by atomic mass is 10.1. The molecule has 0 aromatic heterocycles. The number of hydrogen-bond donors (Lipinski definition) is 1. The van der Waals surface area contributed by atoms with E-state index in [1.165, 1.54) is 6.07 Å². The van der Waals surface area contributed by atoms with Gasteiger partial charge in [0.25, 0.3) is 0 Å². The first-order chi connectivity index (χ1) is 9.11. The molecule has 1 amide bonds. The summed E-state index contributed by atoms with van der Waals surface area (Å²) in [6, 6.07) is 6.27. The van der Waals surface area contributed by atoms with Crippen LogP contribution < -0.4 is 5.32 Å². The normalized spacial score (nSPS) is 22.5. The van der Waals surface area contributed by atoms with Gasteiger partial charge in [-0.05, 0) is 12.5 Å². The molecule has 1 fully saturated rings. The number of carbonyl (C=O) groups excluding carboxylic acids is 1. The van der Waals surface area contributed by atoms with Crippen molar-refractivity contribution in [3.8, 4) is 0 Å². The number of amides is 1. The SMILES string of the molecule is COC1CNC(C(=O)N(C)Cc2ccccc2F)C1. The monoisotopic (exact) mass is 266 g/mol. The van der Waals surface area contributed by atoms with Gasteiger partial charge in [0.2, 0.25) is 5.91 Å². The number of hydrogen-bond acceptors (Lipinski definition) is 3. The first-order valence-corrected chi connectivity index (χ1v) is 6.36. The topological polar surface area (TPSA) is 41.6 Å². The van der Waals surface area contributed by atoms with Gasteiger partial charge >= 0.3 is 0 Å². The van der Waals surface area contributed by atoms with Crippen LogP contribution in [0.2, 0.25) is 0 Å². The van der Waals surface area contributed by atoms with Crippen LogP contribution >= 0.6 is 0 Å². The highest BCUT2D eigenvalue weighted by molar-refractivity contribution is 5.82. The van der Waals surface area contributed by atoms with Crippen LogP contribution in [-0.4, -0.2) is 43.7 Å². The van der Waals surface area contributed by atoms with Crippen molar-refractivity contribution in [2.45, 2.75) is 25.1 Å². The Morgan fingerprint density at radius 3 is 2.89 bits per heavy atom. The quantitative estimate of drug-likeness (QED) is 0.889. The molecule has 2 atom stereocenters. The van der Waals surface area contributed by atoms with Gasteiger partial charge in [0.1, 0.15) is 5.82 Å². The number of nitrogens with one attached hydrogen (secondary N) is 1. The Hall–Kier alpha value is -1.46. The number of ether oxygens (including phenoxy) is 1. The molecule has 1 saturated heterocycles. The number of likely N-dealkylation sites (N-methyl/N-ethyl adjacent to an activating group) is 1. The van der Waals surface area contributed by atoms with Gasteiger partial charge in [-0.3, -0.25) is 4.79 Å². The summed E-state index contributed by atoms with van der Waals surface area (Å²) in [5, 5.41) is 3.13. The number of methoxy groups -OCH3 is 1. The molecule has 19 heavy (non-hydrogen) atoms. The Morgan fingerprint density at radius 2 is 2.26 bits per heavy atom. The van der Waals surface area contributed by atoms with Gasteiger partial charge in [-0.1, -0.05) is 18.2 Å². The molecule has 1 aromatic rings. The molecule has 0 bridgehead atoms. The van der Waals surface area contributed by atoms with E-state index in [4.69, 9.17) is 4.74 Å². The van der Waals surface area contributed by atoms with Gasteiger partial charge in [-0.2, -0.15) is 0 Å². The van der Waals surface area contributed by atoms with E-state index in [2.05, 4.69) is 5.32 Å². The van der Waals surface area contributed by atoms with Crippen LogP contribution in [0.3, 0.4) is 0 Å². The number of benzene rings is 1. The summed E-state index contributed by atoms with van der Waals surface area (Å²) < 4.78 is 18.7. The van der Waals surface area contributed by atoms with E-state index in [1.54, 1.807) is 37.3 Å². The third-order valence-electron chi connectivity index (χ3n) is 3.46. The molecule has 4 nitrogen and oxygen atoms in total. The summed E-state index contributed by atoms with van der Waals surface area (Å²) in [7, 11) is 3.33. The van der Waals surface area contributed by atoms with E-state index in [0.29, 0.717) is 18.5 Å². The van der Waals surface area contributed by atoms with Crippen LogP contribution in [0.5, 0.6) is 0 Å². The molecule has 1 N–H and O–H groups in total. The van der Waals surface area contributed by atoms with Gasteiger partial charge in [0.05, 0.1) is 12.1 Å². The van der Waals surface area contributed by atoms with Crippen LogP contribution in [0.4, 0.5) is 4.39 Å². The lowest BCUT2D eigenvalue weighted by Gasteiger charge is -2.21. The molecular formula is C14H19FN2O2. The fraction of sp³-hybridized carbons (Fsp3) is 0.500. The summed E-state index contributed by atoms with van der Waals surface area (Å²) in [6.07, 6.45) is 0.743. The number of carbonyl (C=O) groups is 1. The maximum Gasteiger partial charge on any atom is 0.239 e. The molecule has 0 radical (unpaired) electrons. The molecule has 1 aliphatic heterocycles. The minimum absolute atomic E-state index is 0.0252. The van der Waals surface area contributed by atoms with Crippen LogP contribution in [0.25, 0.3) is 0 Å². The van der Waals surface area contributed by atoms with Crippen molar-refractivity contribution in [2.24, 2.45) is 0 Å². The molecule has 2 unspecified atom stereocenters. The van der Waals surface area contributed by atoms with Crippen LogP contribution in [0.15, 0.2) is 24.3 Å². The maximum atomic E-state index is 13.5. The van der Waals surface area contributed by atoms with E-state index in [1.807, 2.05) is 0 Å². The van der Waals surface area contributed by atoms with Crippen molar-refractivity contribution in [3.05, 3.63) is 35.6 Å². The predicted octanol–water partition coefficient (Wildman–Crippen LogP) is 1.16. The average Bonchev–Trinajstić information content (AvgIpc) is 2.89. The van der Waals surface area contributed by atoms with Crippen molar-refractivity contribution in [1.29, 1.82) is 0 Å². The van der Waals surface area contributed by atoms with E-state index < -0.39 is 0 Å². The molecular weight excluding hydrogens is 247 g/mol. The molecule has 1 aliphatic rings. The Morgan fingerprint density at radius 1 is 1.53 bits per heavy atom. The summed E-state index contributed by atoms with van der Waals surface area (Å²) in [6.45, 7) is 0.960. The minimum atomic E-state index is -0.281. The molecule has 1 heterocycles. The second-order valence-corrected chi connectivity index (χ2v) is 4.84. The summed E-state index contributed by atoms with van der Waals surface area (Å²) in [5.41, 5.74) is 0.527. The maximum absolute atomic E-state index is 13.5. The molecule has 0 saturated carbocycles. The largest absolute Gasteiger partial charge is 0.380 e. The molecule has 2 rings (SSSR count). The second kappa shape index (κ2) is 6.12. The zero-order valence-electron chi connectivity index (χ0n) is 11.2. The third kappa shape index (κ3) is 3.30. The molecule has 0 aliphatic carbocycles. The highest BCUT2D eigenvalue weighted by Gasteiger charge is 2.31. The van der Waals surface area contributed by atoms with Crippen LogP contribution in [0.1, 0.15) is 12.0 Å². The van der Waals surface area contributed by atoms with E-state index in [-0.39, 0.29) is 30.4 Å². The summed E-state index contributed by atoms with van der Waals surface area (Å²) in [5.74, 6) is -0.306. The summed E-state index contributed by atoms with van der Waals surface area (Å²) in [4.78, 5) is 13.8. The van der Waals surface area contributed by atoms with E-state index in [9.17, 15) is 9.18 Å². The number of nitrogens with zero attached hydrogens (tertiary/aromatic N) is 1. The Kier molecular flexibility index (Phi) is 4.50. The molecule has 5 heteroatoms. The van der Waals surface area contributed by atoms with Crippen molar-refractivity contribution in [3.63, 3.8) is 0 Å². The van der Waals surface area contributed by atoms with Crippen molar-refractivity contribution >= 4 is 5.91 Å². The Balaban J connectivity index is 1.95. The molecule has 1 aromatic carbocycles. The van der Waals surface area contributed by atoms with Gasteiger partial charge < -0.3 is 15.0 Å². The van der Waals surface area contributed by atoms with Gasteiger partial charge in [-0.25, -0.2) is 4.39 Å². The standard InChI is InChI=1S/C14H19FN2O2/c1-17(9-10-5-3-4-6-12(10)15)14(18)13-7-11(19-2)8-16-13/h3-6,11,13,16H,7-9H2,1-2H3. The lowest BCUT2D eigenvalue weighted by Crippen LogP contribution is -2.41. The van der Waals surface area contributed by atoms with Gasteiger partial charge in [-0.15, -0.1) is 0 Å². The van der Waals surface area contributed by atoms with Crippen molar-refractivity contribution < 1.29 is 13.9 Å². The average molecular weight is 266 g/mol. The fourth-order valence-electron chi connectivity index (χ4n) is 2.30. The lowest BCUT2D eigenvalue weighted by molar-refractivity contribution is -0.132. The first-order valence-electron chi connectivity index (χ1n) is 6.36. The zero-order valence-corrected chi connectivity index (χ0v) is 11.2. The number of halogens is 1. The Bertz CT molecular complexity index is 453. The van der Waals surface area contributed by atoms with Crippen molar-refractivity contribution in [2.75, 3.05) is 20.7 Å². The highest BCUT2D eigenvalue weighted by atomic mass is 19.1. The molecule has 104 valence electrons. The second-order valence-electron chi connectivity index (χ2n) is 4.84. The van der Waals surface area contributed by atoms with Gasteiger partial charge in [0.15, 0.2) is 0 Å². The van der Waals surface area contributed by atoms with Crippen LogP contribution in [0, 0.1) is 5.82 Å². The zero-order chi connectivity index (χ0) is 13.8. The van der Waals surface area contributed by atoms with E-state index >= 15 is 0 Å². The first kappa shape index (κ1) is 14.0. The predicted molar refractivity (Wildman–Crippen MR) is 70.1 cm³/mol. The Labute approximate surface area is 112 Å². The minimum Gasteiger partial charge on any atom is -0.380 e. The van der Waals surface area contributed by atoms with E-state index in [0.717, 1.165) is 0 Å². The third-order valence-corrected chi connectivity index (χ3v) is 3.46. The van der Waals surface area contributed by atoms with Gasteiger partial charge in [0, 0.05) is 32.8 Å². The van der Waals surface area contributed by atoms with Crippen molar-refractivity contribution in [1.82, 2.24) is 10.2 Å². The molecule has 0 spiro atoms. The number of rotatable bonds is 4. The fourth-order valence-corrected chi connectivity index (χ4v) is 2.30.